The van der Waals surface area contributed by atoms with E-state index in [9.17, 15) is 4.79 Å². The number of amides is 1. The number of hydrogen-bond acceptors (Lipinski definition) is 3. The molecule has 1 unspecified atom stereocenters. The molecule has 0 aliphatic carbocycles. The van der Waals surface area contributed by atoms with Crippen molar-refractivity contribution in [3.05, 3.63) is 29.8 Å². The van der Waals surface area contributed by atoms with Crippen LogP contribution in [0.15, 0.2) is 24.3 Å². The maximum absolute atomic E-state index is 11.2. The first-order valence-corrected chi connectivity index (χ1v) is 6.35. The maximum Gasteiger partial charge on any atom is 0.223 e. The number of ether oxygens (including phenoxy) is 1. The van der Waals surface area contributed by atoms with E-state index in [0.29, 0.717) is 19.6 Å². The zero-order valence-electron chi connectivity index (χ0n) is 11.1. The van der Waals surface area contributed by atoms with E-state index in [2.05, 4.69) is 5.32 Å². The fourth-order valence-electron chi connectivity index (χ4n) is 1.64. The predicted molar refractivity (Wildman–Crippen MR) is 72.6 cm³/mol. The largest absolute Gasteiger partial charge is 0.493 e. The lowest BCUT2D eigenvalue weighted by atomic mass is 10.1. The Hall–Kier alpha value is -1.55. The number of hydrogen-bond donors (Lipinski definition) is 2. The van der Waals surface area contributed by atoms with E-state index in [1.54, 1.807) is 0 Å². The molecule has 0 aliphatic heterocycles. The molecule has 1 aromatic carbocycles. The van der Waals surface area contributed by atoms with E-state index in [1.165, 1.54) is 5.56 Å². The van der Waals surface area contributed by atoms with Gasteiger partial charge in [0.15, 0.2) is 0 Å². The third-order valence-electron chi connectivity index (χ3n) is 2.45. The highest BCUT2D eigenvalue weighted by Crippen LogP contribution is 2.13. The lowest BCUT2D eigenvalue weighted by Crippen LogP contribution is -2.24. The van der Waals surface area contributed by atoms with E-state index < -0.39 is 0 Å². The highest BCUT2D eigenvalue weighted by atomic mass is 16.5. The summed E-state index contributed by atoms with van der Waals surface area (Å²) in [5.41, 5.74) is 6.92. The van der Waals surface area contributed by atoms with E-state index in [1.807, 2.05) is 38.1 Å². The third kappa shape index (κ3) is 5.68. The number of benzene rings is 1. The normalized spacial score (nSPS) is 11.9. The molecule has 4 nitrogen and oxygen atoms in total. The first-order chi connectivity index (χ1) is 8.61. The molecule has 3 N–H and O–H groups in total. The van der Waals surface area contributed by atoms with Crippen molar-refractivity contribution in [2.24, 2.45) is 5.73 Å². The summed E-state index contributed by atoms with van der Waals surface area (Å²) < 4.78 is 5.49. The molecule has 1 amide bonds. The van der Waals surface area contributed by atoms with Gasteiger partial charge in [-0.15, -0.1) is 0 Å². The van der Waals surface area contributed by atoms with Gasteiger partial charge in [-0.05, 0) is 38.0 Å². The summed E-state index contributed by atoms with van der Waals surface area (Å²) >= 11 is 0. The van der Waals surface area contributed by atoms with Crippen LogP contribution in [-0.2, 0) is 11.2 Å². The van der Waals surface area contributed by atoms with Crippen molar-refractivity contribution >= 4 is 5.91 Å². The highest BCUT2D eigenvalue weighted by molar-refractivity contribution is 5.75. The average Bonchev–Trinajstić information content (AvgIpc) is 2.31. The van der Waals surface area contributed by atoms with Crippen LogP contribution in [0, 0.1) is 0 Å². The van der Waals surface area contributed by atoms with Crippen molar-refractivity contribution in [2.45, 2.75) is 32.7 Å². The molecule has 0 saturated carbocycles. The summed E-state index contributed by atoms with van der Waals surface area (Å²) in [5, 5.41) is 2.73. The molecule has 100 valence electrons. The predicted octanol–water partition coefficient (Wildman–Crippen LogP) is 1.48. The highest BCUT2D eigenvalue weighted by Gasteiger charge is 2.01. The zero-order chi connectivity index (χ0) is 13.4. The minimum Gasteiger partial charge on any atom is -0.493 e. The fourth-order valence-corrected chi connectivity index (χ4v) is 1.64. The van der Waals surface area contributed by atoms with Crippen LogP contribution in [-0.4, -0.2) is 25.1 Å². The van der Waals surface area contributed by atoms with Gasteiger partial charge in [0, 0.05) is 12.6 Å². The SMILES string of the molecule is CCNC(=O)CCOc1ccc(CC(C)N)cc1. The summed E-state index contributed by atoms with van der Waals surface area (Å²) in [7, 11) is 0. The standard InChI is InChI=1S/C14H22N2O2/c1-3-16-14(17)8-9-18-13-6-4-12(5-7-13)10-11(2)15/h4-7,11H,3,8-10,15H2,1-2H3,(H,16,17). The van der Waals surface area contributed by atoms with Crippen LogP contribution in [0.25, 0.3) is 0 Å². The number of carbonyl (C=O) groups is 1. The third-order valence-corrected chi connectivity index (χ3v) is 2.45. The van der Waals surface area contributed by atoms with Crippen molar-refractivity contribution in [1.29, 1.82) is 0 Å². The zero-order valence-corrected chi connectivity index (χ0v) is 11.1. The average molecular weight is 250 g/mol. The quantitative estimate of drug-likeness (QED) is 0.770. The molecule has 1 aromatic rings. The first-order valence-electron chi connectivity index (χ1n) is 6.35. The molecule has 0 spiro atoms. The van der Waals surface area contributed by atoms with Gasteiger partial charge in [0.1, 0.15) is 5.75 Å². The monoisotopic (exact) mass is 250 g/mol. The summed E-state index contributed by atoms with van der Waals surface area (Å²) in [6.45, 7) is 4.94. The molecule has 0 radical (unpaired) electrons. The summed E-state index contributed by atoms with van der Waals surface area (Å²) in [6.07, 6.45) is 1.24. The Morgan fingerprint density at radius 1 is 1.39 bits per heavy atom. The molecule has 0 bridgehead atoms. The van der Waals surface area contributed by atoms with Crippen LogP contribution >= 0.6 is 0 Å². The Labute approximate surface area is 109 Å². The Morgan fingerprint density at radius 3 is 2.61 bits per heavy atom. The van der Waals surface area contributed by atoms with Gasteiger partial charge >= 0.3 is 0 Å². The second-order valence-electron chi connectivity index (χ2n) is 4.38. The number of nitrogens with one attached hydrogen (secondary N) is 1. The Balaban J connectivity index is 2.33. The molecule has 1 atom stereocenters. The van der Waals surface area contributed by atoms with E-state index in [-0.39, 0.29) is 11.9 Å². The van der Waals surface area contributed by atoms with E-state index in [4.69, 9.17) is 10.5 Å². The molecule has 0 heterocycles. The first kappa shape index (κ1) is 14.5. The summed E-state index contributed by atoms with van der Waals surface area (Å²) in [5.74, 6) is 0.804. The van der Waals surface area contributed by atoms with Crippen LogP contribution in [0.2, 0.25) is 0 Å². The number of carbonyl (C=O) groups excluding carboxylic acids is 1. The van der Waals surface area contributed by atoms with Gasteiger partial charge in [0.25, 0.3) is 0 Å². The Morgan fingerprint density at radius 2 is 2.06 bits per heavy atom. The number of nitrogens with two attached hydrogens (primary N) is 1. The van der Waals surface area contributed by atoms with Crippen molar-refractivity contribution in [1.82, 2.24) is 5.32 Å². The number of rotatable bonds is 7. The smallest absolute Gasteiger partial charge is 0.223 e. The minimum absolute atomic E-state index is 0.0195. The fraction of sp³-hybridized carbons (Fsp3) is 0.500. The van der Waals surface area contributed by atoms with Gasteiger partial charge < -0.3 is 15.8 Å². The summed E-state index contributed by atoms with van der Waals surface area (Å²) in [4.78, 5) is 11.2. The molecule has 0 aromatic heterocycles. The van der Waals surface area contributed by atoms with Crippen molar-refractivity contribution < 1.29 is 9.53 Å². The lowest BCUT2D eigenvalue weighted by molar-refractivity contribution is -0.121. The Bertz CT molecular complexity index is 361. The van der Waals surface area contributed by atoms with Gasteiger partial charge in [-0.3, -0.25) is 4.79 Å². The Kier molecular flexibility index (Phi) is 6.22. The van der Waals surface area contributed by atoms with Gasteiger partial charge in [-0.1, -0.05) is 12.1 Å². The topological polar surface area (TPSA) is 64.3 Å². The van der Waals surface area contributed by atoms with Gasteiger partial charge in [0.2, 0.25) is 5.91 Å². The van der Waals surface area contributed by atoms with E-state index >= 15 is 0 Å². The van der Waals surface area contributed by atoms with Crippen LogP contribution in [0.5, 0.6) is 5.75 Å². The van der Waals surface area contributed by atoms with Gasteiger partial charge in [-0.25, -0.2) is 0 Å². The molecular formula is C14H22N2O2. The summed E-state index contributed by atoms with van der Waals surface area (Å²) in [6, 6.07) is 8.00. The van der Waals surface area contributed by atoms with Crippen molar-refractivity contribution in [3.63, 3.8) is 0 Å². The molecule has 0 saturated heterocycles. The van der Waals surface area contributed by atoms with Crippen LogP contribution in [0.1, 0.15) is 25.8 Å². The molecule has 0 fully saturated rings. The second-order valence-corrected chi connectivity index (χ2v) is 4.38. The lowest BCUT2D eigenvalue weighted by Gasteiger charge is -2.08. The van der Waals surface area contributed by atoms with Crippen molar-refractivity contribution in [2.75, 3.05) is 13.2 Å². The molecular weight excluding hydrogens is 228 g/mol. The van der Waals surface area contributed by atoms with Crippen LogP contribution in [0.4, 0.5) is 0 Å². The van der Waals surface area contributed by atoms with Crippen LogP contribution in [0.3, 0.4) is 0 Å². The maximum atomic E-state index is 11.2. The van der Waals surface area contributed by atoms with Crippen molar-refractivity contribution in [3.8, 4) is 5.75 Å². The second kappa shape index (κ2) is 7.71. The molecule has 18 heavy (non-hydrogen) atoms. The minimum atomic E-state index is 0.0195. The molecule has 0 aliphatic rings. The molecule has 4 heteroatoms. The van der Waals surface area contributed by atoms with Gasteiger partial charge in [0.05, 0.1) is 13.0 Å². The van der Waals surface area contributed by atoms with Crippen LogP contribution < -0.4 is 15.8 Å². The molecule has 1 rings (SSSR count). The van der Waals surface area contributed by atoms with E-state index in [0.717, 1.165) is 12.2 Å². The van der Waals surface area contributed by atoms with Gasteiger partial charge in [-0.2, -0.15) is 0 Å².